The Morgan fingerprint density at radius 2 is 2.33 bits per heavy atom. The second-order valence-electron chi connectivity index (χ2n) is 4.37. The SMILES string of the molecule is Cc1c(C(=O)N[C@@H]2CCNC2)cccc1[N+](=O)[O-]. The van der Waals surface area contributed by atoms with E-state index < -0.39 is 4.92 Å². The van der Waals surface area contributed by atoms with Gasteiger partial charge in [-0.25, -0.2) is 0 Å². The molecule has 1 aliphatic heterocycles. The van der Waals surface area contributed by atoms with E-state index in [1.807, 2.05) is 0 Å². The van der Waals surface area contributed by atoms with Crippen molar-refractivity contribution in [3.05, 3.63) is 39.4 Å². The van der Waals surface area contributed by atoms with Crippen molar-refractivity contribution >= 4 is 11.6 Å². The van der Waals surface area contributed by atoms with Gasteiger partial charge in [0.15, 0.2) is 0 Å². The van der Waals surface area contributed by atoms with Crippen LogP contribution >= 0.6 is 0 Å². The van der Waals surface area contributed by atoms with Crippen LogP contribution in [-0.4, -0.2) is 30.0 Å². The minimum atomic E-state index is -0.469. The zero-order chi connectivity index (χ0) is 13.1. The van der Waals surface area contributed by atoms with Crippen LogP contribution in [0.5, 0.6) is 0 Å². The van der Waals surface area contributed by atoms with Gasteiger partial charge in [-0.15, -0.1) is 0 Å². The molecule has 0 aliphatic carbocycles. The largest absolute Gasteiger partial charge is 0.348 e. The smallest absolute Gasteiger partial charge is 0.273 e. The Morgan fingerprint density at radius 1 is 1.56 bits per heavy atom. The van der Waals surface area contributed by atoms with Crippen LogP contribution in [0.2, 0.25) is 0 Å². The predicted octanol–water partition coefficient (Wildman–Crippen LogP) is 0.995. The Morgan fingerprint density at radius 3 is 2.94 bits per heavy atom. The van der Waals surface area contributed by atoms with Crippen molar-refractivity contribution < 1.29 is 9.72 Å². The van der Waals surface area contributed by atoms with Gasteiger partial charge in [0, 0.05) is 29.8 Å². The summed E-state index contributed by atoms with van der Waals surface area (Å²) in [5.41, 5.74) is 0.759. The molecule has 0 radical (unpaired) electrons. The van der Waals surface area contributed by atoms with Gasteiger partial charge in [-0.3, -0.25) is 14.9 Å². The normalized spacial score (nSPS) is 18.6. The lowest BCUT2D eigenvalue weighted by Crippen LogP contribution is -2.36. The molecule has 2 rings (SSSR count). The lowest BCUT2D eigenvalue weighted by Gasteiger charge is -2.12. The minimum absolute atomic E-state index is 0.0211. The molecule has 1 aromatic carbocycles. The molecule has 1 fully saturated rings. The number of nitrogens with zero attached hydrogens (tertiary/aromatic N) is 1. The number of benzene rings is 1. The minimum Gasteiger partial charge on any atom is -0.348 e. The van der Waals surface area contributed by atoms with E-state index in [1.54, 1.807) is 13.0 Å². The van der Waals surface area contributed by atoms with E-state index in [-0.39, 0.29) is 17.6 Å². The molecule has 2 N–H and O–H groups in total. The zero-order valence-corrected chi connectivity index (χ0v) is 10.1. The van der Waals surface area contributed by atoms with Crippen molar-refractivity contribution in [3.63, 3.8) is 0 Å². The summed E-state index contributed by atoms with van der Waals surface area (Å²) in [6.45, 7) is 3.23. The third-order valence-electron chi connectivity index (χ3n) is 3.14. The summed E-state index contributed by atoms with van der Waals surface area (Å²) in [5, 5.41) is 16.8. The van der Waals surface area contributed by atoms with E-state index in [4.69, 9.17) is 0 Å². The molecular formula is C12H15N3O3. The van der Waals surface area contributed by atoms with Crippen LogP contribution in [0, 0.1) is 17.0 Å². The summed E-state index contributed by atoms with van der Waals surface area (Å²) in [5.74, 6) is -0.245. The molecule has 1 atom stereocenters. The number of nitro groups is 1. The molecule has 0 aromatic heterocycles. The lowest BCUT2D eigenvalue weighted by atomic mass is 10.1. The van der Waals surface area contributed by atoms with E-state index in [9.17, 15) is 14.9 Å². The summed E-state index contributed by atoms with van der Waals surface area (Å²) in [6, 6.07) is 4.66. The fraction of sp³-hybridized carbons (Fsp3) is 0.417. The molecule has 1 heterocycles. The lowest BCUT2D eigenvalue weighted by molar-refractivity contribution is -0.385. The van der Waals surface area contributed by atoms with Gasteiger partial charge in [0.05, 0.1) is 4.92 Å². The van der Waals surface area contributed by atoms with Gasteiger partial charge in [0.1, 0.15) is 0 Å². The summed E-state index contributed by atoms with van der Waals surface area (Å²) >= 11 is 0. The highest BCUT2D eigenvalue weighted by atomic mass is 16.6. The van der Waals surface area contributed by atoms with Crippen molar-refractivity contribution in [2.45, 2.75) is 19.4 Å². The van der Waals surface area contributed by atoms with Crippen LogP contribution in [0.1, 0.15) is 22.3 Å². The first-order chi connectivity index (χ1) is 8.59. The van der Waals surface area contributed by atoms with Crippen molar-refractivity contribution in [2.24, 2.45) is 0 Å². The third-order valence-corrected chi connectivity index (χ3v) is 3.14. The van der Waals surface area contributed by atoms with Crippen molar-refractivity contribution in [3.8, 4) is 0 Å². The molecule has 18 heavy (non-hydrogen) atoms. The number of carbonyl (C=O) groups excluding carboxylic acids is 1. The number of rotatable bonds is 3. The second-order valence-corrected chi connectivity index (χ2v) is 4.37. The topological polar surface area (TPSA) is 84.3 Å². The van der Waals surface area contributed by atoms with E-state index in [0.29, 0.717) is 11.1 Å². The van der Waals surface area contributed by atoms with Gasteiger partial charge in [-0.05, 0) is 26.0 Å². The van der Waals surface area contributed by atoms with Crippen molar-refractivity contribution in [2.75, 3.05) is 13.1 Å². The molecule has 0 unspecified atom stereocenters. The van der Waals surface area contributed by atoms with E-state index in [1.165, 1.54) is 12.1 Å². The molecule has 0 spiro atoms. The monoisotopic (exact) mass is 249 g/mol. The van der Waals surface area contributed by atoms with Gasteiger partial charge in [-0.2, -0.15) is 0 Å². The van der Waals surface area contributed by atoms with Crippen LogP contribution in [-0.2, 0) is 0 Å². The molecule has 0 saturated carbocycles. The highest BCUT2D eigenvalue weighted by Crippen LogP contribution is 2.21. The van der Waals surface area contributed by atoms with Crippen molar-refractivity contribution in [1.29, 1.82) is 0 Å². The molecule has 1 aliphatic rings. The van der Waals surface area contributed by atoms with E-state index in [2.05, 4.69) is 10.6 Å². The maximum Gasteiger partial charge on any atom is 0.273 e. The molecule has 96 valence electrons. The van der Waals surface area contributed by atoms with Crippen LogP contribution in [0.4, 0.5) is 5.69 Å². The van der Waals surface area contributed by atoms with Gasteiger partial charge >= 0.3 is 0 Å². The summed E-state index contributed by atoms with van der Waals surface area (Å²) in [7, 11) is 0. The fourth-order valence-electron chi connectivity index (χ4n) is 2.11. The average Bonchev–Trinajstić information content (AvgIpc) is 2.81. The summed E-state index contributed by atoms with van der Waals surface area (Å²) in [4.78, 5) is 22.4. The van der Waals surface area contributed by atoms with Gasteiger partial charge in [0.25, 0.3) is 11.6 Å². The van der Waals surface area contributed by atoms with Crippen LogP contribution in [0.25, 0.3) is 0 Å². The number of amides is 1. The highest BCUT2D eigenvalue weighted by Gasteiger charge is 2.21. The number of nitrogens with one attached hydrogen (secondary N) is 2. The van der Waals surface area contributed by atoms with E-state index in [0.717, 1.165) is 19.5 Å². The number of hydrogen-bond donors (Lipinski definition) is 2. The number of carbonyl (C=O) groups is 1. The van der Waals surface area contributed by atoms with Crippen LogP contribution in [0.15, 0.2) is 18.2 Å². The van der Waals surface area contributed by atoms with Gasteiger partial charge < -0.3 is 10.6 Å². The molecule has 1 saturated heterocycles. The summed E-state index contributed by atoms with van der Waals surface area (Å²) in [6.07, 6.45) is 0.889. The molecule has 1 aromatic rings. The summed E-state index contributed by atoms with van der Waals surface area (Å²) < 4.78 is 0. The Kier molecular flexibility index (Phi) is 3.57. The van der Waals surface area contributed by atoms with Crippen LogP contribution < -0.4 is 10.6 Å². The average molecular weight is 249 g/mol. The fourth-order valence-corrected chi connectivity index (χ4v) is 2.11. The third kappa shape index (κ3) is 2.48. The van der Waals surface area contributed by atoms with Crippen LogP contribution in [0.3, 0.4) is 0 Å². The quantitative estimate of drug-likeness (QED) is 0.618. The Bertz CT molecular complexity index is 481. The zero-order valence-electron chi connectivity index (χ0n) is 10.1. The Balaban J connectivity index is 2.19. The first kappa shape index (κ1) is 12.5. The van der Waals surface area contributed by atoms with Gasteiger partial charge in [0.2, 0.25) is 0 Å². The molecular weight excluding hydrogens is 234 g/mol. The first-order valence-electron chi connectivity index (χ1n) is 5.85. The number of hydrogen-bond acceptors (Lipinski definition) is 4. The first-order valence-corrected chi connectivity index (χ1v) is 5.85. The van der Waals surface area contributed by atoms with Gasteiger partial charge in [-0.1, -0.05) is 6.07 Å². The number of nitro benzene ring substituents is 1. The van der Waals surface area contributed by atoms with Crippen molar-refractivity contribution in [1.82, 2.24) is 10.6 Å². The maximum absolute atomic E-state index is 12.0. The Labute approximate surface area is 105 Å². The molecule has 1 amide bonds. The Hall–Kier alpha value is -1.95. The molecule has 0 bridgehead atoms. The maximum atomic E-state index is 12.0. The van der Waals surface area contributed by atoms with E-state index >= 15 is 0 Å². The molecule has 6 heteroatoms. The second kappa shape index (κ2) is 5.14. The molecule has 6 nitrogen and oxygen atoms in total. The highest BCUT2D eigenvalue weighted by molar-refractivity contribution is 5.96. The predicted molar refractivity (Wildman–Crippen MR) is 66.6 cm³/mol. The standard InChI is InChI=1S/C12H15N3O3/c1-8-10(3-2-4-11(8)15(17)18)12(16)14-9-5-6-13-7-9/h2-4,9,13H,5-7H2,1H3,(H,14,16)/t9-/m1/s1.